The smallest absolute Gasteiger partial charge is 0.309 e. The summed E-state index contributed by atoms with van der Waals surface area (Å²) in [7, 11) is 0. The minimum absolute atomic E-state index is 0.154. The number of carbonyl (C=O) groups excluding carboxylic acids is 3. The number of nitrogens with zero attached hydrogens (tertiary/aromatic N) is 1. The number of esters is 3. The van der Waals surface area contributed by atoms with Gasteiger partial charge >= 0.3 is 17.9 Å². The second-order valence-corrected chi connectivity index (χ2v) is 19.5. The van der Waals surface area contributed by atoms with Gasteiger partial charge in [-0.05, 0) is 89.8 Å². The highest BCUT2D eigenvalue weighted by Gasteiger charge is 2.55. The summed E-state index contributed by atoms with van der Waals surface area (Å²) in [5.74, 6) is -0.929. The van der Waals surface area contributed by atoms with Crippen molar-refractivity contribution in [2.24, 2.45) is 22.2 Å². The number of alkyl halides is 2. The SMILES string of the molecule is CCCCCC(F)(CCCCC)CC(=O)OCC1(C)CC2CC(C)(COC(=O)CCCN(CC)CC)CC(COC(=O)CC(F)(CCCCC)CCCCC)(C2)C1. The van der Waals surface area contributed by atoms with Crippen LogP contribution in [-0.2, 0) is 28.6 Å². The Morgan fingerprint density at radius 1 is 0.561 bits per heavy atom. The Bertz CT molecular complexity index is 1140. The van der Waals surface area contributed by atoms with Crippen molar-refractivity contribution in [1.82, 2.24) is 4.90 Å². The van der Waals surface area contributed by atoms with Crippen molar-refractivity contribution < 1.29 is 37.4 Å². The van der Waals surface area contributed by atoms with Gasteiger partial charge in [-0.2, -0.15) is 0 Å². The van der Waals surface area contributed by atoms with E-state index in [1.807, 2.05) is 0 Å². The van der Waals surface area contributed by atoms with Gasteiger partial charge in [0.25, 0.3) is 0 Å². The van der Waals surface area contributed by atoms with E-state index < -0.39 is 34.1 Å². The van der Waals surface area contributed by atoms with Crippen LogP contribution in [0.2, 0.25) is 0 Å². The third kappa shape index (κ3) is 19.4. The number of fused-ring (bicyclic) bond motifs is 2. The monoisotopic (exact) mass is 812 g/mol. The Kier molecular flexibility index (Phi) is 23.2. The van der Waals surface area contributed by atoms with Crippen LogP contribution in [0.3, 0.4) is 0 Å². The predicted octanol–water partition coefficient (Wildman–Crippen LogP) is 12.8. The van der Waals surface area contributed by atoms with Gasteiger partial charge in [-0.3, -0.25) is 14.4 Å². The summed E-state index contributed by atoms with van der Waals surface area (Å²) in [6, 6.07) is 0. The lowest BCUT2D eigenvalue weighted by molar-refractivity contribution is -0.170. The van der Waals surface area contributed by atoms with Crippen molar-refractivity contribution in [2.75, 3.05) is 39.5 Å². The molecule has 2 saturated carbocycles. The molecule has 0 amide bonds. The topological polar surface area (TPSA) is 82.1 Å². The van der Waals surface area contributed by atoms with Gasteiger partial charge in [0.1, 0.15) is 11.3 Å². The molecular formula is C48H87F2NO6. The molecule has 0 spiro atoms. The number of unbranched alkanes of at least 4 members (excludes halogenated alkanes) is 8. The van der Waals surface area contributed by atoms with E-state index in [1.165, 1.54) is 0 Å². The predicted molar refractivity (Wildman–Crippen MR) is 229 cm³/mol. The van der Waals surface area contributed by atoms with Crippen molar-refractivity contribution >= 4 is 17.9 Å². The first-order valence-corrected chi connectivity index (χ1v) is 23.6. The summed E-state index contributed by atoms with van der Waals surface area (Å²) < 4.78 is 50.6. The number of rotatable bonds is 32. The fourth-order valence-electron chi connectivity index (χ4n) is 10.6. The Balaban J connectivity index is 2.23. The van der Waals surface area contributed by atoms with Gasteiger partial charge in [-0.25, -0.2) is 8.78 Å². The summed E-state index contributed by atoms with van der Waals surface area (Å²) in [4.78, 5) is 42.1. The Hall–Kier alpha value is -1.77. The highest BCUT2D eigenvalue weighted by Crippen LogP contribution is 2.60. The molecule has 0 saturated heterocycles. The van der Waals surface area contributed by atoms with E-state index in [0.29, 0.717) is 51.6 Å². The highest BCUT2D eigenvalue weighted by molar-refractivity contribution is 5.71. The van der Waals surface area contributed by atoms with Crippen molar-refractivity contribution in [1.29, 1.82) is 0 Å². The number of halogens is 2. The summed E-state index contributed by atoms with van der Waals surface area (Å²) in [5.41, 5.74) is -4.30. The summed E-state index contributed by atoms with van der Waals surface area (Å²) >= 11 is 0. The largest absolute Gasteiger partial charge is 0.465 e. The van der Waals surface area contributed by atoms with Crippen molar-refractivity contribution in [3.8, 4) is 0 Å². The molecule has 7 nitrogen and oxygen atoms in total. The van der Waals surface area contributed by atoms with Crippen LogP contribution in [0.1, 0.15) is 216 Å². The molecule has 2 aliphatic carbocycles. The van der Waals surface area contributed by atoms with E-state index in [-0.39, 0.29) is 43.4 Å². The molecule has 0 N–H and O–H groups in total. The Labute approximate surface area is 348 Å². The van der Waals surface area contributed by atoms with Gasteiger partial charge in [0, 0.05) is 22.7 Å². The van der Waals surface area contributed by atoms with Gasteiger partial charge in [-0.15, -0.1) is 0 Å². The van der Waals surface area contributed by atoms with Crippen LogP contribution < -0.4 is 0 Å². The fraction of sp³-hybridized carbons (Fsp3) is 0.938. The van der Waals surface area contributed by atoms with E-state index in [9.17, 15) is 14.4 Å². The quantitative estimate of drug-likeness (QED) is 0.0380. The minimum Gasteiger partial charge on any atom is -0.465 e. The zero-order valence-corrected chi connectivity index (χ0v) is 38.2. The second-order valence-electron chi connectivity index (χ2n) is 19.5. The molecule has 0 heterocycles. The summed E-state index contributed by atoms with van der Waals surface area (Å²) in [5, 5.41) is 0. The molecule has 2 fully saturated rings. The van der Waals surface area contributed by atoms with Gasteiger partial charge in [-0.1, -0.05) is 132 Å². The van der Waals surface area contributed by atoms with Crippen molar-refractivity contribution in [3.63, 3.8) is 0 Å². The zero-order valence-electron chi connectivity index (χ0n) is 38.2. The van der Waals surface area contributed by atoms with E-state index in [2.05, 4.69) is 60.3 Å². The molecular weight excluding hydrogens is 725 g/mol. The summed E-state index contributed by atoms with van der Waals surface area (Å²) in [6.07, 6.45) is 16.7. The van der Waals surface area contributed by atoms with Crippen LogP contribution in [-0.4, -0.2) is 73.6 Å². The van der Waals surface area contributed by atoms with Crippen LogP contribution in [0.4, 0.5) is 8.78 Å². The standard InChI is InChI=1S/C48H87F2NO6/c1-9-15-19-25-47(49,26-20-16-10-2)33-42(53)56-38-45(8)31-40-30-44(7,37-55-41(52)24-23-29-51(13-5)14-6)35-46(32-40,36-45)39-57-43(54)34-48(50,27-21-17-11-3)28-22-18-12-4/h40H,9-39H2,1-8H3. The van der Waals surface area contributed by atoms with Crippen LogP contribution >= 0.6 is 0 Å². The molecule has 0 aromatic carbocycles. The maximum Gasteiger partial charge on any atom is 0.309 e. The third-order valence-corrected chi connectivity index (χ3v) is 13.2. The van der Waals surface area contributed by atoms with Gasteiger partial charge in [0.05, 0.1) is 32.7 Å². The average Bonchev–Trinajstić information content (AvgIpc) is 3.14. The van der Waals surface area contributed by atoms with Crippen molar-refractivity contribution in [3.05, 3.63) is 0 Å². The normalized spacial score (nSPS) is 23.7. The highest BCUT2D eigenvalue weighted by atomic mass is 19.1. The van der Waals surface area contributed by atoms with Gasteiger partial charge in [0.2, 0.25) is 0 Å². The molecule has 57 heavy (non-hydrogen) atoms. The number of hydrogen-bond acceptors (Lipinski definition) is 7. The van der Waals surface area contributed by atoms with Crippen LogP contribution in [0.25, 0.3) is 0 Å². The molecule has 2 bridgehead atoms. The number of carbonyl (C=O) groups is 3. The first-order chi connectivity index (χ1) is 27.0. The molecule has 334 valence electrons. The minimum atomic E-state index is -1.57. The lowest BCUT2D eigenvalue weighted by Gasteiger charge is -2.57. The average molecular weight is 812 g/mol. The van der Waals surface area contributed by atoms with E-state index in [1.54, 1.807) is 0 Å². The summed E-state index contributed by atoms with van der Waals surface area (Å²) in [6.45, 7) is 20.4. The molecule has 4 unspecified atom stereocenters. The van der Waals surface area contributed by atoms with Crippen LogP contribution in [0, 0.1) is 22.2 Å². The molecule has 0 radical (unpaired) electrons. The van der Waals surface area contributed by atoms with Crippen LogP contribution in [0.5, 0.6) is 0 Å². The Morgan fingerprint density at radius 3 is 1.33 bits per heavy atom. The molecule has 2 rings (SSSR count). The molecule has 0 aromatic heterocycles. The molecule has 9 heteroatoms. The van der Waals surface area contributed by atoms with Gasteiger partial charge in [0.15, 0.2) is 0 Å². The third-order valence-electron chi connectivity index (χ3n) is 13.2. The number of ether oxygens (including phenoxy) is 3. The first kappa shape index (κ1) is 51.4. The lowest BCUT2D eigenvalue weighted by Crippen LogP contribution is -2.52. The maximum absolute atomic E-state index is 16.3. The Morgan fingerprint density at radius 2 is 0.947 bits per heavy atom. The van der Waals surface area contributed by atoms with Gasteiger partial charge < -0.3 is 19.1 Å². The number of hydrogen-bond donors (Lipinski definition) is 0. The van der Waals surface area contributed by atoms with Crippen molar-refractivity contribution in [2.45, 2.75) is 227 Å². The van der Waals surface area contributed by atoms with Crippen LogP contribution in [0.15, 0.2) is 0 Å². The molecule has 0 aliphatic heterocycles. The fourth-order valence-corrected chi connectivity index (χ4v) is 10.6. The molecule has 4 atom stereocenters. The zero-order chi connectivity index (χ0) is 42.4. The first-order valence-electron chi connectivity index (χ1n) is 23.6. The lowest BCUT2D eigenvalue weighted by atomic mass is 9.49. The second kappa shape index (κ2) is 25.8. The van der Waals surface area contributed by atoms with E-state index in [0.717, 1.165) is 122 Å². The maximum atomic E-state index is 16.3. The molecule has 0 aromatic rings. The van der Waals surface area contributed by atoms with E-state index in [4.69, 9.17) is 14.2 Å². The van der Waals surface area contributed by atoms with E-state index >= 15 is 8.78 Å². The molecule has 2 aliphatic rings.